The van der Waals surface area contributed by atoms with Crippen LogP contribution in [0.15, 0.2) is 48.7 Å². The molecule has 7 nitrogen and oxygen atoms in total. The molecule has 0 radical (unpaired) electrons. The highest BCUT2D eigenvalue weighted by Crippen LogP contribution is 2.39. The van der Waals surface area contributed by atoms with Crippen LogP contribution in [0, 0.1) is 0 Å². The zero-order valence-corrected chi connectivity index (χ0v) is 19.4. The maximum atomic E-state index is 14.1. The summed E-state index contributed by atoms with van der Waals surface area (Å²) in [6.07, 6.45) is -0.508. The van der Waals surface area contributed by atoms with Crippen LogP contribution in [0.1, 0.15) is 37.8 Å². The molecule has 0 bridgehead atoms. The van der Waals surface area contributed by atoms with Gasteiger partial charge in [0.2, 0.25) is 0 Å². The number of aromatic nitrogens is 4. The molecule has 0 amide bonds. The molecule has 1 saturated heterocycles. The Kier molecular flexibility index (Phi) is 6.33. The minimum absolute atomic E-state index is 0.115. The van der Waals surface area contributed by atoms with Gasteiger partial charge >= 0.3 is 6.18 Å². The van der Waals surface area contributed by atoms with Gasteiger partial charge in [0.05, 0.1) is 6.61 Å². The van der Waals surface area contributed by atoms with Gasteiger partial charge in [0, 0.05) is 30.7 Å². The van der Waals surface area contributed by atoms with Gasteiger partial charge < -0.3 is 10.5 Å². The summed E-state index contributed by atoms with van der Waals surface area (Å²) in [7, 11) is 0. The van der Waals surface area contributed by atoms with Crippen molar-refractivity contribution in [2.75, 3.05) is 19.7 Å². The first kappa shape index (κ1) is 23.5. The van der Waals surface area contributed by atoms with Crippen molar-refractivity contribution in [3.05, 3.63) is 54.2 Å². The van der Waals surface area contributed by atoms with E-state index in [2.05, 4.69) is 17.1 Å². The van der Waals surface area contributed by atoms with Crippen molar-refractivity contribution in [3.8, 4) is 17.3 Å². The molecular weight excluding hydrogens is 457 g/mol. The normalized spacial score (nSPS) is 17.9. The molecule has 1 aliphatic heterocycles. The van der Waals surface area contributed by atoms with Gasteiger partial charge in [-0.15, -0.1) is 10.2 Å². The number of pyridine rings is 2. The molecule has 0 spiro atoms. The van der Waals surface area contributed by atoms with E-state index < -0.39 is 12.2 Å². The van der Waals surface area contributed by atoms with E-state index in [0.29, 0.717) is 48.0 Å². The topological polar surface area (TPSA) is 81.6 Å². The highest BCUT2D eigenvalue weighted by molar-refractivity contribution is 5.86. The number of para-hydroxylation sites is 1. The van der Waals surface area contributed by atoms with Gasteiger partial charge in [-0.1, -0.05) is 37.6 Å². The molecule has 4 aromatic rings. The molecule has 1 aromatic carbocycles. The number of benzene rings is 1. The minimum atomic E-state index is -4.45. The summed E-state index contributed by atoms with van der Waals surface area (Å²) in [4.78, 5) is 6.15. The minimum Gasteiger partial charge on any atom is -0.491 e. The second-order valence-corrected chi connectivity index (χ2v) is 8.93. The zero-order valence-electron chi connectivity index (χ0n) is 19.4. The summed E-state index contributed by atoms with van der Waals surface area (Å²) in [5.41, 5.74) is 7.63. The Labute approximate surface area is 200 Å². The van der Waals surface area contributed by atoms with Crippen LogP contribution in [0.2, 0.25) is 0 Å². The number of nitrogens with two attached hydrogens (primary N) is 1. The second kappa shape index (κ2) is 9.43. The average Bonchev–Trinajstić information content (AvgIpc) is 3.44. The molecule has 0 saturated carbocycles. The fraction of sp³-hybridized carbons (Fsp3) is 0.400. The Morgan fingerprint density at radius 2 is 2.00 bits per heavy atom. The van der Waals surface area contributed by atoms with Gasteiger partial charge in [0.25, 0.3) is 0 Å². The monoisotopic (exact) mass is 484 g/mol. The quantitative estimate of drug-likeness (QED) is 0.381. The SMILES string of the molecule is CCCCOc1cccc2ccc(-c3nnc4ccc(C(N5CCC(N)C5)C(F)(F)F)cn34)nc12. The van der Waals surface area contributed by atoms with Gasteiger partial charge in [0.1, 0.15) is 23.0 Å². The van der Waals surface area contributed by atoms with E-state index in [9.17, 15) is 13.2 Å². The van der Waals surface area contributed by atoms with E-state index >= 15 is 0 Å². The number of likely N-dealkylation sites (tertiary alicyclic amines) is 1. The third-order valence-corrected chi connectivity index (χ3v) is 6.34. The van der Waals surface area contributed by atoms with E-state index in [1.54, 1.807) is 16.5 Å². The summed E-state index contributed by atoms with van der Waals surface area (Å²) >= 11 is 0. The molecular formula is C25H27F3N6O. The van der Waals surface area contributed by atoms with Crippen molar-refractivity contribution in [2.45, 2.75) is 44.4 Å². The number of rotatable bonds is 7. The lowest BCUT2D eigenvalue weighted by molar-refractivity contribution is -0.183. The number of ether oxygens (including phenoxy) is 1. The van der Waals surface area contributed by atoms with Crippen LogP contribution < -0.4 is 10.5 Å². The van der Waals surface area contributed by atoms with Crippen molar-refractivity contribution in [2.24, 2.45) is 5.73 Å². The summed E-state index contributed by atoms with van der Waals surface area (Å²) in [5, 5.41) is 9.30. The summed E-state index contributed by atoms with van der Waals surface area (Å²) in [6.45, 7) is 3.17. The van der Waals surface area contributed by atoms with Crippen LogP contribution >= 0.6 is 0 Å². The highest BCUT2D eigenvalue weighted by Gasteiger charge is 2.46. The maximum Gasteiger partial charge on any atom is 0.408 e. The molecule has 4 heterocycles. The van der Waals surface area contributed by atoms with Gasteiger partial charge in [-0.25, -0.2) is 4.98 Å². The van der Waals surface area contributed by atoms with E-state index in [1.165, 1.54) is 17.2 Å². The maximum absolute atomic E-state index is 14.1. The molecule has 35 heavy (non-hydrogen) atoms. The average molecular weight is 485 g/mol. The third-order valence-electron chi connectivity index (χ3n) is 6.34. The van der Waals surface area contributed by atoms with E-state index in [-0.39, 0.29) is 18.2 Å². The first-order valence-electron chi connectivity index (χ1n) is 11.8. The molecule has 2 unspecified atom stereocenters. The van der Waals surface area contributed by atoms with Gasteiger partial charge in [-0.3, -0.25) is 9.30 Å². The fourth-order valence-electron chi connectivity index (χ4n) is 4.59. The van der Waals surface area contributed by atoms with E-state index in [0.717, 1.165) is 18.2 Å². The number of unbranched alkanes of at least 4 members (excludes halogenated alkanes) is 1. The summed E-state index contributed by atoms with van der Waals surface area (Å²) in [5.74, 6) is 1.03. The number of halogens is 3. The zero-order chi connectivity index (χ0) is 24.6. The van der Waals surface area contributed by atoms with Crippen molar-refractivity contribution in [1.29, 1.82) is 0 Å². The Balaban J connectivity index is 1.56. The first-order valence-corrected chi connectivity index (χ1v) is 11.8. The Bertz CT molecular complexity index is 1340. The lowest BCUT2D eigenvalue weighted by Crippen LogP contribution is -2.38. The molecule has 1 aliphatic rings. The number of fused-ring (bicyclic) bond motifs is 2. The predicted octanol–water partition coefficient (Wildman–Crippen LogP) is 4.76. The van der Waals surface area contributed by atoms with Crippen molar-refractivity contribution >= 4 is 16.6 Å². The summed E-state index contributed by atoms with van der Waals surface area (Å²) < 4.78 is 49.9. The van der Waals surface area contributed by atoms with Crippen LogP contribution in [-0.2, 0) is 0 Å². The number of alkyl halides is 3. The molecule has 184 valence electrons. The molecule has 5 rings (SSSR count). The van der Waals surface area contributed by atoms with Crippen LogP contribution in [0.5, 0.6) is 5.75 Å². The van der Waals surface area contributed by atoms with Crippen LogP contribution in [0.3, 0.4) is 0 Å². The Hall–Kier alpha value is -3.24. The standard InChI is InChI=1S/C25H27F3N6O/c1-2-3-13-35-20-6-4-5-16-7-9-19(30-22(16)20)24-32-31-21-10-8-17(14-34(21)24)23(25(26,27)28)33-12-11-18(29)15-33/h4-10,14,18,23H,2-3,11-13,15,29H2,1H3. The lowest BCUT2D eigenvalue weighted by atomic mass is 10.1. The van der Waals surface area contributed by atoms with Gasteiger partial charge in [-0.2, -0.15) is 13.2 Å². The Morgan fingerprint density at radius 3 is 2.74 bits per heavy atom. The molecule has 2 N–H and O–H groups in total. The second-order valence-electron chi connectivity index (χ2n) is 8.93. The Morgan fingerprint density at radius 1 is 1.14 bits per heavy atom. The van der Waals surface area contributed by atoms with Crippen LogP contribution in [0.25, 0.3) is 28.1 Å². The molecule has 1 fully saturated rings. The fourth-order valence-corrected chi connectivity index (χ4v) is 4.59. The van der Waals surface area contributed by atoms with Crippen molar-refractivity contribution in [3.63, 3.8) is 0 Å². The molecule has 10 heteroatoms. The molecule has 3 aromatic heterocycles. The van der Waals surface area contributed by atoms with Crippen LogP contribution in [0.4, 0.5) is 13.2 Å². The highest BCUT2D eigenvalue weighted by atomic mass is 19.4. The lowest BCUT2D eigenvalue weighted by Gasteiger charge is -2.30. The van der Waals surface area contributed by atoms with Crippen molar-refractivity contribution < 1.29 is 17.9 Å². The predicted molar refractivity (Wildman–Crippen MR) is 127 cm³/mol. The largest absolute Gasteiger partial charge is 0.491 e. The smallest absolute Gasteiger partial charge is 0.408 e. The third kappa shape index (κ3) is 4.68. The number of nitrogens with zero attached hydrogens (tertiary/aromatic N) is 5. The van der Waals surface area contributed by atoms with Crippen molar-refractivity contribution in [1.82, 2.24) is 24.5 Å². The van der Waals surface area contributed by atoms with E-state index in [4.69, 9.17) is 15.5 Å². The van der Waals surface area contributed by atoms with E-state index in [1.807, 2.05) is 24.3 Å². The van der Waals surface area contributed by atoms with Gasteiger partial charge in [-0.05, 0) is 36.6 Å². The van der Waals surface area contributed by atoms with Gasteiger partial charge in [0.15, 0.2) is 11.5 Å². The van der Waals surface area contributed by atoms with Crippen LogP contribution in [-0.4, -0.2) is 56.4 Å². The number of hydrogen-bond donors (Lipinski definition) is 1. The number of hydrogen-bond acceptors (Lipinski definition) is 6. The molecule has 0 aliphatic carbocycles. The first-order chi connectivity index (χ1) is 16.8. The molecule has 2 atom stereocenters. The summed E-state index contributed by atoms with van der Waals surface area (Å²) in [6, 6.07) is 10.4.